The Labute approximate surface area is 90.7 Å². The fraction of sp³-hybridized carbons (Fsp3) is 0.417. The average Bonchev–Trinajstić information content (AvgIpc) is 2.08. The Morgan fingerprint density at radius 1 is 1.33 bits per heavy atom. The lowest BCUT2D eigenvalue weighted by molar-refractivity contribution is -0.120. The Bertz CT molecular complexity index is 378. The summed E-state index contributed by atoms with van der Waals surface area (Å²) in [6.45, 7) is 7.36. The maximum atomic E-state index is 11.6. The van der Waals surface area contributed by atoms with E-state index >= 15 is 0 Å². The zero-order valence-corrected chi connectivity index (χ0v) is 9.72. The van der Waals surface area contributed by atoms with Crippen LogP contribution in [0.2, 0.25) is 0 Å². The molecule has 0 fully saturated rings. The second kappa shape index (κ2) is 4.03. The minimum absolute atomic E-state index is 0.172. The van der Waals surface area contributed by atoms with Crippen molar-refractivity contribution in [2.45, 2.75) is 33.2 Å². The molecule has 1 aromatic rings. The first-order chi connectivity index (χ1) is 6.80. The Morgan fingerprint density at radius 3 is 2.40 bits per heavy atom. The molecule has 0 aliphatic rings. The van der Waals surface area contributed by atoms with Gasteiger partial charge in [-0.3, -0.25) is 4.79 Å². The van der Waals surface area contributed by atoms with Crippen molar-refractivity contribution in [2.75, 3.05) is 5.32 Å². The highest BCUT2D eigenvalue weighted by molar-refractivity contribution is 5.97. The summed E-state index contributed by atoms with van der Waals surface area (Å²) in [4.78, 5) is 11.6. The van der Waals surface area contributed by atoms with Gasteiger partial charge in [-0.25, -0.2) is 0 Å². The first-order valence-electron chi connectivity index (χ1n) is 4.98. The van der Waals surface area contributed by atoms with Crippen molar-refractivity contribution in [3.05, 3.63) is 29.3 Å². The van der Waals surface area contributed by atoms with Gasteiger partial charge in [0.1, 0.15) is 0 Å². The van der Waals surface area contributed by atoms with Gasteiger partial charge in [-0.1, -0.05) is 17.7 Å². The number of hydrogen-bond acceptors (Lipinski definition) is 2. The van der Waals surface area contributed by atoms with E-state index in [-0.39, 0.29) is 5.91 Å². The summed E-state index contributed by atoms with van der Waals surface area (Å²) >= 11 is 0. The maximum Gasteiger partial charge on any atom is 0.243 e. The van der Waals surface area contributed by atoms with Crippen LogP contribution in [0.1, 0.15) is 25.0 Å². The lowest BCUT2D eigenvalue weighted by atomic mass is 10.1. The number of rotatable bonds is 2. The van der Waals surface area contributed by atoms with Crippen molar-refractivity contribution in [1.82, 2.24) is 0 Å². The minimum atomic E-state index is -0.850. The summed E-state index contributed by atoms with van der Waals surface area (Å²) in [5.41, 5.74) is 7.90. The van der Waals surface area contributed by atoms with Crippen LogP contribution in [-0.2, 0) is 4.79 Å². The molecular weight excluding hydrogens is 188 g/mol. The number of nitrogens with one attached hydrogen (secondary N) is 1. The lowest BCUT2D eigenvalue weighted by Gasteiger charge is -2.18. The van der Waals surface area contributed by atoms with E-state index in [9.17, 15) is 4.79 Å². The quantitative estimate of drug-likeness (QED) is 0.777. The summed E-state index contributed by atoms with van der Waals surface area (Å²) in [6.07, 6.45) is 0. The molecule has 0 spiro atoms. The number of anilines is 1. The topological polar surface area (TPSA) is 55.1 Å². The molecule has 0 saturated heterocycles. The molecule has 3 nitrogen and oxygen atoms in total. The van der Waals surface area contributed by atoms with Crippen molar-refractivity contribution >= 4 is 11.6 Å². The standard InChI is InChI=1S/C12H18N2O/c1-8-5-6-10(9(2)7-8)14-11(15)12(3,4)13/h5-7H,13H2,1-4H3,(H,14,15). The van der Waals surface area contributed by atoms with Crippen molar-refractivity contribution < 1.29 is 4.79 Å². The van der Waals surface area contributed by atoms with Crippen LogP contribution in [-0.4, -0.2) is 11.4 Å². The van der Waals surface area contributed by atoms with Gasteiger partial charge in [0, 0.05) is 5.69 Å². The molecule has 1 amide bonds. The zero-order valence-electron chi connectivity index (χ0n) is 9.72. The van der Waals surface area contributed by atoms with Gasteiger partial charge >= 0.3 is 0 Å². The van der Waals surface area contributed by atoms with Gasteiger partial charge in [-0.05, 0) is 39.3 Å². The number of aryl methyl sites for hydroxylation is 2. The lowest BCUT2D eigenvalue weighted by Crippen LogP contribution is -2.45. The van der Waals surface area contributed by atoms with E-state index in [0.717, 1.165) is 11.3 Å². The largest absolute Gasteiger partial charge is 0.324 e. The van der Waals surface area contributed by atoms with Crippen LogP contribution in [0.5, 0.6) is 0 Å². The molecule has 0 atom stereocenters. The second-order valence-corrected chi connectivity index (χ2v) is 4.49. The van der Waals surface area contributed by atoms with Crippen LogP contribution in [0.4, 0.5) is 5.69 Å². The Kier molecular flexibility index (Phi) is 3.15. The number of carbonyl (C=O) groups excluding carboxylic acids is 1. The number of nitrogens with two attached hydrogens (primary N) is 1. The van der Waals surface area contributed by atoms with Crippen LogP contribution >= 0.6 is 0 Å². The van der Waals surface area contributed by atoms with Gasteiger partial charge in [0.05, 0.1) is 5.54 Å². The molecule has 3 heteroatoms. The molecular formula is C12H18N2O. The van der Waals surface area contributed by atoms with Gasteiger partial charge in [-0.2, -0.15) is 0 Å². The van der Waals surface area contributed by atoms with Gasteiger partial charge < -0.3 is 11.1 Å². The van der Waals surface area contributed by atoms with E-state index in [4.69, 9.17) is 5.73 Å². The molecule has 82 valence electrons. The average molecular weight is 206 g/mol. The van der Waals surface area contributed by atoms with Crippen molar-refractivity contribution in [3.8, 4) is 0 Å². The van der Waals surface area contributed by atoms with Gasteiger partial charge in [0.2, 0.25) is 5.91 Å². The Hall–Kier alpha value is -1.35. The normalized spacial score (nSPS) is 11.3. The van der Waals surface area contributed by atoms with E-state index in [1.807, 2.05) is 32.0 Å². The summed E-state index contributed by atoms with van der Waals surface area (Å²) in [7, 11) is 0. The summed E-state index contributed by atoms with van der Waals surface area (Å²) in [5, 5.41) is 2.81. The highest BCUT2D eigenvalue weighted by Gasteiger charge is 2.22. The van der Waals surface area contributed by atoms with Crippen molar-refractivity contribution in [2.24, 2.45) is 5.73 Å². The highest BCUT2D eigenvalue weighted by Crippen LogP contribution is 2.17. The monoisotopic (exact) mass is 206 g/mol. The SMILES string of the molecule is Cc1ccc(NC(=O)C(C)(C)N)c(C)c1. The van der Waals surface area contributed by atoms with Gasteiger partial charge in [0.25, 0.3) is 0 Å². The van der Waals surface area contributed by atoms with Crippen LogP contribution in [0.25, 0.3) is 0 Å². The molecule has 0 saturated carbocycles. The molecule has 0 aliphatic heterocycles. The first kappa shape index (κ1) is 11.7. The Balaban J connectivity index is 2.87. The maximum absolute atomic E-state index is 11.6. The molecule has 3 N–H and O–H groups in total. The smallest absolute Gasteiger partial charge is 0.243 e. The third-order valence-electron chi connectivity index (χ3n) is 2.22. The van der Waals surface area contributed by atoms with Gasteiger partial charge in [0.15, 0.2) is 0 Å². The second-order valence-electron chi connectivity index (χ2n) is 4.49. The molecule has 0 radical (unpaired) electrons. The predicted octanol–water partition coefficient (Wildman–Crippen LogP) is 1.98. The number of hydrogen-bond donors (Lipinski definition) is 2. The molecule has 0 aliphatic carbocycles. The number of benzene rings is 1. The Morgan fingerprint density at radius 2 is 1.93 bits per heavy atom. The fourth-order valence-corrected chi connectivity index (χ4v) is 1.24. The minimum Gasteiger partial charge on any atom is -0.324 e. The van der Waals surface area contributed by atoms with Crippen LogP contribution in [0.3, 0.4) is 0 Å². The van der Waals surface area contributed by atoms with Crippen LogP contribution in [0.15, 0.2) is 18.2 Å². The zero-order chi connectivity index (χ0) is 11.6. The molecule has 0 aromatic heterocycles. The van der Waals surface area contributed by atoms with Crippen molar-refractivity contribution in [1.29, 1.82) is 0 Å². The fourth-order valence-electron chi connectivity index (χ4n) is 1.24. The van der Waals surface area contributed by atoms with E-state index in [2.05, 4.69) is 5.32 Å². The van der Waals surface area contributed by atoms with Gasteiger partial charge in [-0.15, -0.1) is 0 Å². The third-order valence-corrected chi connectivity index (χ3v) is 2.22. The molecule has 1 rings (SSSR count). The predicted molar refractivity (Wildman–Crippen MR) is 62.8 cm³/mol. The molecule has 0 unspecified atom stereocenters. The van der Waals surface area contributed by atoms with Crippen LogP contribution in [0, 0.1) is 13.8 Å². The number of carbonyl (C=O) groups is 1. The van der Waals surface area contributed by atoms with E-state index in [0.29, 0.717) is 0 Å². The molecule has 15 heavy (non-hydrogen) atoms. The first-order valence-corrected chi connectivity index (χ1v) is 4.98. The number of amides is 1. The molecule has 1 aromatic carbocycles. The summed E-state index contributed by atoms with van der Waals surface area (Å²) in [5.74, 6) is -0.172. The van der Waals surface area contributed by atoms with Crippen LogP contribution < -0.4 is 11.1 Å². The van der Waals surface area contributed by atoms with Crippen molar-refractivity contribution in [3.63, 3.8) is 0 Å². The van der Waals surface area contributed by atoms with E-state index in [1.54, 1.807) is 13.8 Å². The molecule has 0 heterocycles. The van der Waals surface area contributed by atoms with E-state index in [1.165, 1.54) is 5.56 Å². The summed E-state index contributed by atoms with van der Waals surface area (Å²) in [6, 6.07) is 5.89. The molecule has 0 bridgehead atoms. The van der Waals surface area contributed by atoms with E-state index < -0.39 is 5.54 Å². The highest BCUT2D eigenvalue weighted by atomic mass is 16.2. The third kappa shape index (κ3) is 3.06. The summed E-state index contributed by atoms with van der Waals surface area (Å²) < 4.78 is 0.